The maximum atomic E-state index is 14.0. The molecule has 2 amide bonds. The predicted octanol–water partition coefficient (Wildman–Crippen LogP) is 2.21. The van der Waals surface area contributed by atoms with E-state index < -0.39 is 52.7 Å². The van der Waals surface area contributed by atoms with Crippen LogP contribution in [0.15, 0.2) is 12.1 Å². The maximum Gasteiger partial charge on any atom is 0.238 e. The molecule has 3 aliphatic carbocycles. The molecule has 4 fully saturated rings. The average molecular weight is 323 g/mol. The van der Waals surface area contributed by atoms with Crippen LogP contribution in [-0.4, -0.2) is 17.6 Å². The molecule has 4 nitrogen and oxygen atoms in total. The summed E-state index contributed by atoms with van der Waals surface area (Å²) in [4.78, 5) is 37.8. The van der Waals surface area contributed by atoms with Crippen LogP contribution in [0.2, 0.25) is 0 Å². The molecule has 2 bridgehead atoms. The summed E-state index contributed by atoms with van der Waals surface area (Å²) in [5.41, 5.74) is -0.583. The van der Waals surface area contributed by atoms with Crippen molar-refractivity contribution in [3.8, 4) is 0 Å². The van der Waals surface area contributed by atoms with Crippen molar-refractivity contribution in [2.75, 3.05) is 4.90 Å². The first-order valence-corrected chi connectivity index (χ1v) is 7.46. The van der Waals surface area contributed by atoms with E-state index in [9.17, 15) is 27.6 Å². The molecule has 0 N–H and O–H groups in total. The molecule has 7 heteroatoms. The molecule has 1 saturated heterocycles. The molecule has 0 radical (unpaired) electrons. The Morgan fingerprint density at radius 1 is 0.913 bits per heavy atom. The third-order valence-corrected chi connectivity index (χ3v) is 5.32. The second kappa shape index (κ2) is 4.66. The average Bonchev–Trinajstić information content (AvgIpc) is 2.80. The molecule has 4 aliphatic rings. The lowest BCUT2D eigenvalue weighted by Gasteiger charge is -2.41. The Hall–Kier alpha value is -2.18. The van der Waals surface area contributed by atoms with Gasteiger partial charge in [0.05, 0.1) is 17.5 Å². The topological polar surface area (TPSA) is 54.5 Å². The van der Waals surface area contributed by atoms with E-state index in [-0.39, 0.29) is 18.1 Å². The van der Waals surface area contributed by atoms with E-state index in [1.807, 2.05) is 0 Å². The number of Topliss-reactive ketones (excluding diaryl/α,β-unsaturated/α-hetero) is 1. The van der Waals surface area contributed by atoms with Crippen LogP contribution in [0.3, 0.4) is 0 Å². The van der Waals surface area contributed by atoms with Crippen LogP contribution in [0, 0.1) is 41.1 Å². The maximum absolute atomic E-state index is 14.0. The number of fused-ring (bicyclic) bond motifs is 2. The number of rotatable bonds is 1. The number of hydrogen-bond acceptors (Lipinski definition) is 3. The van der Waals surface area contributed by atoms with Crippen LogP contribution in [0.25, 0.3) is 0 Å². The second-order valence-corrected chi connectivity index (χ2v) is 6.37. The molecule has 1 aromatic rings. The number of hydrogen-bond donors (Lipinski definition) is 0. The zero-order valence-electron chi connectivity index (χ0n) is 11.9. The number of carbonyl (C=O) groups excluding carboxylic acids is 3. The van der Waals surface area contributed by atoms with Crippen molar-refractivity contribution in [1.29, 1.82) is 0 Å². The lowest BCUT2D eigenvalue weighted by atomic mass is 9.59. The van der Waals surface area contributed by atoms with Crippen LogP contribution in [0.5, 0.6) is 0 Å². The molecular formula is C16H12F3NO3. The number of benzene rings is 1. The Labute approximate surface area is 129 Å². The third-order valence-electron chi connectivity index (χ3n) is 5.32. The molecule has 23 heavy (non-hydrogen) atoms. The van der Waals surface area contributed by atoms with E-state index in [0.717, 1.165) is 6.07 Å². The first-order chi connectivity index (χ1) is 10.9. The minimum atomic E-state index is -1.72. The zero-order valence-corrected chi connectivity index (χ0v) is 11.9. The highest BCUT2D eigenvalue weighted by Gasteiger charge is 2.61. The van der Waals surface area contributed by atoms with Crippen molar-refractivity contribution in [2.45, 2.75) is 19.3 Å². The van der Waals surface area contributed by atoms with Gasteiger partial charge in [0.2, 0.25) is 11.8 Å². The Kier molecular flexibility index (Phi) is 2.92. The Morgan fingerprint density at radius 3 is 2.30 bits per heavy atom. The van der Waals surface area contributed by atoms with Gasteiger partial charge < -0.3 is 0 Å². The van der Waals surface area contributed by atoms with E-state index in [0.29, 0.717) is 23.8 Å². The molecule has 3 saturated carbocycles. The fourth-order valence-electron chi connectivity index (χ4n) is 4.31. The molecule has 0 aromatic heterocycles. The van der Waals surface area contributed by atoms with Gasteiger partial charge in [0.1, 0.15) is 5.78 Å². The second-order valence-electron chi connectivity index (χ2n) is 6.37. The number of halogens is 3. The highest BCUT2D eigenvalue weighted by Crippen LogP contribution is 2.52. The smallest absolute Gasteiger partial charge is 0.238 e. The van der Waals surface area contributed by atoms with Gasteiger partial charge in [-0.05, 0) is 30.9 Å². The molecule has 1 heterocycles. The van der Waals surface area contributed by atoms with Crippen molar-refractivity contribution < 1.29 is 27.6 Å². The molecule has 0 spiro atoms. The summed E-state index contributed by atoms with van der Waals surface area (Å²) in [6.45, 7) is 0. The van der Waals surface area contributed by atoms with E-state index in [1.165, 1.54) is 0 Å². The molecule has 5 rings (SSSR count). The highest BCUT2D eigenvalue weighted by molar-refractivity contribution is 6.23. The zero-order chi connectivity index (χ0) is 16.5. The summed E-state index contributed by atoms with van der Waals surface area (Å²) in [5.74, 6) is -8.25. The van der Waals surface area contributed by atoms with Crippen molar-refractivity contribution in [2.24, 2.45) is 23.7 Å². The minimum absolute atomic E-state index is 0.0451. The lowest BCUT2D eigenvalue weighted by molar-refractivity contribution is -0.143. The molecule has 1 aliphatic heterocycles. The van der Waals surface area contributed by atoms with Gasteiger partial charge in [-0.25, -0.2) is 18.1 Å². The Bertz CT molecular complexity index is 763. The third kappa shape index (κ3) is 1.76. The summed E-state index contributed by atoms with van der Waals surface area (Å²) in [6.07, 6.45) is 1.46. The molecular weight excluding hydrogens is 311 g/mol. The minimum Gasteiger partial charge on any atom is -0.299 e. The number of carbonyl (C=O) groups is 3. The van der Waals surface area contributed by atoms with Gasteiger partial charge in [-0.2, -0.15) is 0 Å². The Morgan fingerprint density at radius 2 is 1.61 bits per heavy atom. The van der Waals surface area contributed by atoms with Crippen molar-refractivity contribution in [3.05, 3.63) is 29.6 Å². The summed E-state index contributed by atoms with van der Waals surface area (Å²) in [6, 6.07) is 1.56. The molecule has 120 valence electrons. The molecule has 1 aromatic carbocycles. The van der Waals surface area contributed by atoms with Crippen LogP contribution >= 0.6 is 0 Å². The first-order valence-electron chi connectivity index (χ1n) is 7.46. The lowest BCUT2D eigenvalue weighted by Crippen LogP contribution is -2.46. The number of amides is 2. The van der Waals surface area contributed by atoms with Gasteiger partial charge in [0.15, 0.2) is 17.5 Å². The summed E-state index contributed by atoms with van der Waals surface area (Å²) < 4.78 is 40.5. The van der Waals surface area contributed by atoms with Gasteiger partial charge in [-0.3, -0.25) is 14.4 Å². The largest absolute Gasteiger partial charge is 0.299 e. The normalized spacial score (nSPS) is 32.7. The first kappa shape index (κ1) is 14.4. The molecule has 0 unspecified atom stereocenters. The highest BCUT2D eigenvalue weighted by atomic mass is 19.2. The van der Waals surface area contributed by atoms with Crippen molar-refractivity contribution >= 4 is 23.3 Å². The SMILES string of the molecule is O=C1C[C@@H]2CC[C@H]1[C@@H]1C(=O)N(c3ccc(F)c(F)c3F)C(=O)[C@H]21. The van der Waals surface area contributed by atoms with E-state index in [2.05, 4.69) is 0 Å². The quantitative estimate of drug-likeness (QED) is 0.588. The summed E-state index contributed by atoms with van der Waals surface area (Å²) in [7, 11) is 0. The van der Waals surface area contributed by atoms with Crippen LogP contribution < -0.4 is 4.90 Å². The van der Waals surface area contributed by atoms with Gasteiger partial charge in [0, 0.05) is 12.3 Å². The number of nitrogens with zero attached hydrogens (tertiary/aromatic N) is 1. The number of ketones is 1. The van der Waals surface area contributed by atoms with Gasteiger partial charge in [-0.15, -0.1) is 0 Å². The van der Waals surface area contributed by atoms with Gasteiger partial charge >= 0.3 is 0 Å². The predicted molar refractivity (Wildman–Crippen MR) is 71.6 cm³/mol. The van der Waals surface area contributed by atoms with Gasteiger partial charge in [-0.1, -0.05) is 0 Å². The summed E-state index contributed by atoms with van der Waals surface area (Å²) in [5, 5.41) is 0. The fraction of sp³-hybridized carbons (Fsp3) is 0.438. The summed E-state index contributed by atoms with van der Waals surface area (Å²) >= 11 is 0. The Balaban J connectivity index is 1.80. The fourth-order valence-corrected chi connectivity index (χ4v) is 4.31. The monoisotopic (exact) mass is 323 g/mol. The van der Waals surface area contributed by atoms with Crippen LogP contribution in [0.4, 0.5) is 18.9 Å². The van der Waals surface area contributed by atoms with Crippen molar-refractivity contribution in [3.63, 3.8) is 0 Å². The van der Waals surface area contributed by atoms with Crippen LogP contribution in [-0.2, 0) is 14.4 Å². The molecule has 4 atom stereocenters. The standard InChI is InChI=1S/C16H12F3NO3/c17-8-3-4-9(14(19)13(8)18)20-15(22)11-6-1-2-7(10(21)5-6)12(11)16(20)23/h3-4,6-7,11-12H,1-2,5H2/t6-,7+,11+,12-/m0/s1. The number of anilines is 1. The van der Waals surface area contributed by atoms with Gasteiger partial charge in [0.25, 0.3) is 0 Å². The van der Waals surface area contributed by atoms with E-state index in [4.69, 9.17) is 0 Å². The van der Waals surface area contributed by atoms with Crippen molar-refractivity contribution in [1.82, 2.24) is 0 Å². The van der Waals surface area contributed by atoms with E-state index in [1.54, 1.807) is 0 Å². The van der Waals surface area contributed by atoms with E-state index >= 15 is 0 Å². The number of imide groups is 1. The van der Waals surface area contributed by atoms with Crippen LogP contribution in [0.1, 0.15) is 19.3 Å².